The Balaban J connectivity index is 1.48. The third-order valence-corrected chi connectivity index (χ3v) is 5.38. The number of ketones is 1. The number of Topliss-reactive ketones (excluding diaryl/α,β-unsaturated/α-hetero) is 1. The molecule has 1 aliphatic heterocycles. The van der Waals surface area contributed by atoms with Gasteiger partial charge < -0.3 is 4.90 Å². The van der Waals surface area contributed by atoms with Gasteiger partial charge in [-0.2, -0.15) is 5.10 Å². The lowest BCUT2D eigenvalue weighted by atomic mass is 9.91. The lowest BCUT2D eigenvalue weighted by Crippen LogP contribution is -2.31. The highest BCUT2D eigenvalue weighted by Gasteiger charge is 2.20. The molecule has 1 aromatic carbocycles. The van der Waals surface area contributed by atoms with E-state index in [0.717, 1.165) is 48.0 Å². The van der Waals surface area contributed by atoms with E-state index in [-0.39, 0.29) is 5.78 Å². The van der Waals surface area contributed by atoms with Crippen LogP contribution in [0.1, 0.15) is 25.1 Å². The van der Waals surface area contributed by atoms with Crippen LogP contribution >= 0.6 is 0 Å². The molecular weight excluding hydrogens is 338 g/mol. The fraction of sp³-hybridized carbons (Fsp3) is 0.429. The molecule has 0 N–H and O–H groups in total. The van der Waals surface area contributed by atoms with Crippen LogP contribution in [-0.2, 0) is 18.3 Å². The molecule has 0 aliphatic carbocycles. The van der Waals surface area contributed by atoms with Crippen LogP contribution in [0.25, 0.3) is 22.0 Å². The summed E-state index contributed by atoms with van der Waals surface area (Å²) in [5, 5.41) is 5.21. The first-order valence-electron chi connectivity index (χ1n) is 9.52. The maximum atomic E-state index is 12.5. The van der Waals surface area contributed by atoms with Gasteiger partial charge in [0.05, 0.1) is 18.1 Å². The van der Waals surface area contributed by atoms with Crippen molar-refractivity contribution in [1.29, 1.82) is 0 Å². The molecule has 0 unspecified atom stereocenters. The largest absolute Gasteiger partial charge is 0.306 e. The summed E-state index contributed by atoms with van der Waals surface area (Å²) in [4.78, 5) is 23.9. The molecule has 3 heterocycles. The van der Waals surface area contributed by atoms with E-state index >= 15 is 0 Å². The van der Waals surface area contributed by atoms with Crippen LogP contribution in [0.3, 0.4) is 0 Å². The van der Waals surface area contributed by atoms with Crippen molar-refractivity contribution in [2.24, 2.45) is 13.0 Å². The lowest BCUT2D eigenvalue weighted by Gasteiger charge is -2.28. The van der Waals surface area contributed by atoms with E-state index in [1.807, 2.05) is 43.8 Å². The Morgan fingerprint density at radius 1 is 1.15 bits per heavy atom. The molecule has 0 amide bonds. The second-order valence-electron chi connectivity index (χ2n) is 7.63. The summed E-state index contributed by atoms with van der Waals surface area (Å²) in [6, 6.07) is 6.11. The summed E-state index contributed by atoms with van der Waals surface area (Å²) in [6.45, 7) is 2.17. The molecule has 0 saturated carbocycles. The molecule has 4 rings (SSSR count). The predicted octanol–water partition coefficient (Wildman–Crippen LogP) is 2.87. The first-order chi connectivity index (χ1) is 13.1. The second kappa shape index (κ2) is 7.56. The molecule has 6 heteroatoms. The second-order valence-corrected chi connectivity index (χ2v) is 7.63. The summed E-state index contributed by atoms with van der Waals surface area (Å²) in [5.74, 6) is 1.36. The van der Waals surface area contributed by atoms with Gasteiger partial charge in [0.25, 0.3) is 0 Å². The van der Waals surface area contributed by atoms with Crippen molar-refractivity contribution >= 4 is 16.7 Å². The van der Waals surface area contributed by atoms with Crippen molar-refractivity contribution in [3.8, 4) is 11.1 Å². The summed E-state index contributed by atoms with van der Waals surface area (Å²) in [5.41, 5.74) is 2.99. The molecule has 0 spiro atoms. The molecule has 1 fully saturated rings. The Morgan fingerprint density at radius 3 is 2.70 bits per heavy atom. The molecule has 6 nitrogen and oxygen atoms in total. The number of hydrogen-bond acceptors (Lipinski definition) is 5. The van der Waals surface area contributed by atoms with E-state index in [1.54, 1.807) is 4.68 Å². The standard InChI is InChI=1S/C21H25N5O/c1-25-7-5-15(6-8-25)9-19(27)11-21-22-12-17-4-3-16(10-20(17)24-21)18-13-23-26(2)14-18/h3-4,10,12-15H,5-9,11H2,1-2H3. The fourth-order valence-electron chi connectivity index (χ4n) is 3.73. The SMILES string of the molecule is CN1CCC(CC(=O)Cc2ncc3ccc(-c4cnn(C)c4)cc3n2)CC1. The lowest BCUT2D eigenvalue weighted by molar-refractivity contribution is -0.119. The first-order valence-corrected chi connectivity index (χ1v) is 9.52. The molecule has 1 aliphatic rings. The average molecular weight is 363 g/mol. The third-order valence-electron chi connectivity index (χ3n) is 5.38. The van der Waals surface area contributed by atoms with Gasteiger partial charge in [0.15, 0.2) is 0 Å². The van der Waals surface area contributed by atoms with Crippen molar-refractivity contribution in [3.05, 3.63) is 42.6 Å². The molecule has 27 heavy (non-hydrogen) atoms. The van der Waals surface area contributed by atoms with Crippen LogP contribution in [0, 0.1) is 5.92 Å². The highest BCUT2D eigenvalue weighted by atomic mass is 16.1. The van der Waals surface area contributed by atoms with Crippen LogP contribution in [0.2, 0.25) is 0 Å². The summed E-state index contributed by atoms with van der Waals surface area (Å²) in [7, 11) is 4.04. The zero-order valence-electron chi connectivity index (χ0n) is 15.9. The highest BCUT2D eigenvalue weighted by Crippen LogP contribution is 2.23. The van der Waals surface area contributed by atoms with Crippen LogP contribution < -0.4 is 0 Å². The predicted molar refractivity (Wildman–Crippen MR) is 105 cm³/mol. The Kier molecular flexibility index (Phi) is 4.99. The van der Waals surface area contributed by atoms with Crippen molar-refractivity contribution in [3.63, 3.8) is 0 Å². The van der Waals surface area contributed by atoms with E-state index in [2.05, 4.69) is 27.0 Å². The number of piperidine rings is 1. The minimum Gasteiger partial charge on any atom is -0.306 e. The van der Waals surface area contributed by atoms with Gasteiger partial charge in [-0.05, 0) is 50.5 Å². The summed E-state index contributed by atoms with van der Waals surface area (Å²) < 4.78 is 1.78. The van der Waals surface area contributed by atoms with Crippen LogP contribution in [0.15, 0.2) is 36.8 Å². The van der Waals surface area contributed by atoms with E-state index < -0.39 is 0 Å². The molecule has 2 aromatic heterocycles. The van der Waals surface area contributed by atoms with Gasteiger partial charge in [-0.3, -0.25) is 9.48 Å². The number of aryl methyl sites for hydroxylation is 1. The smallest absolute Gasteiger partial charge is 0.140 e. The van der Waals surface area contributed by atoms with Gasteiger partial charge in [0, 0.05) is 36.8 Å². The van der Waals surface area contributed by atoms with Crippen LogP contribution in [0.5, 0.6) is 0 Å². The van der Waals surface area contributed by atoms with E-state index in [0.29, 0.717) is 24.6 Å². The summed E-state index contributed by atoms with van der Waals surface area (Å²) in [6.07, 6.45) is 8.81. The number of nitrogens with zero attached hydrogens (tertiary/aromatic N) is 5. The number of rotatable bonds is 5. The Bertz CT molecular complexity index is 956. The topological polar surface area (TPSA) is 63.9 Å². The number of carbonyl (C=O) groups excluding carboxylic acids is 1. The molecule has 1 saturated heterocycles. The van der Waals surface area contributed by atoms with Crippen molar-refractivity contribution in [2.75, 3.05) is 20.1 Å². The first kappa shape index (κ1) is 17.8. The quantitative estimate of drug-likeness (QED) is 0.697. The molecule has 0 bridgehead atoms. The van der Waals surface area contributed by atoms with Crippen molar-refractivity contribution in [1.82, 2.24) is 24.6 Å². The Hall–Kier alpha value is -2.60. The van der Waals surface area contributed by atoms with Gasteiger partial charge in [-0.25, -0.2) is 9.97 Å². The minimum atomic E-state index is 0.243. The van der Waals surface area contributed by atoms with Crippen LogP contribution in [-0.4, -0.2) is 50.6 Å². The summed E-state index contributed by atoms with van der Waals surface area (Å²) >= 11 is 0. The number of likely N-dealkylation sites (tertiary alicyclic amines) is 1. The zero-order chi connectivity index (χ0) is 18.8. The van der Waals surface area contributed by atoms with Crippen molar-refractivity contribution < 1.29 is 4.79 Å². The third kappa shape index (κ3) is 4.22. The fourth-order valence-corrected chi connectivity index (χ4v) is 3.73. The number of aromatic nitrogens is 4. The van der Waals surface area contributed by atoms with E-state index in [4.69, 9.17) is 0 Å². The molecule has 3 aromatic rings. The van der Waals surface area contributed by atoms with E-state index in [1.165, 1.54) is 0 Å². The van der Waals surface area contributed by atoms with Gasteiger partial charge in [0.2, 0.25) is 0 Å². The molecule has 0 radical (unpaired) electrons. The van der Waals surface area contributed by atoms with Crippen molar-refractivity contribution in [2.45, 2.75) is 25.7 Å². The average Bonchev–Trinajstić information content (AvgIpc) is 3.09. The number of hydrogen-bond donors (Lipinski definition) is 0. The van der Waals surface area contributed by atoms with E-state index in [9.17, 15) is 4.79 Å². The zero-order valence-corrected chi connectivity index (χ0v) is 15.9. The van der Waals surface area contributed by atoms with Gasteiger partial charge in [0.1, 0.15) is 11.6 Å². The Labute approximate surface area is 159 Å². The normalized spacial score (nSPS) is 16.1. The minimum absolute atomic E-state index is 0.243. The van der Waals surface area contributed by atoms with Gasteiger partial charge in [-0.1, -0.05) is 12.1 Å². The molecule has 0 atom stereocenters. The maximum absolute atomic E-state index is 12.5. The number of carbonyl (C=O) groups is 1. The van der Waals surface area contributed by atoms with Gasteiger partial charge in [-0.15, -0.1) is 0 Å². The van der Waals surface area contributed by atoms with Crippen LogP contribution in [0.4, 0.5) is 0 Å². The molecular formula is C21H25N5O. The number of benzene rings is 1. The monoisotopic (exact) mass is 363 g/mol. The Morgan fingerprint density at radius 2 is 1.96 bits per heavy atom. The van der Waals surface area contributed by atoms with Gasteiger partial charge >= 0.3 is 0 Å². The molecule has 140 valence electrons. The highest BCUT2D eigenvalue weighted by molar-refractivity contribution is 5.84. The maximum Gasteiger partial charge on any atom is 0.140 e. The number of fused-ring (bicyclic) bond motifs is 1.